The Morgan fingerprint density at radius 3 is 2.89 bits per heavy atom. The third kappa shape index (κ3) is 4.65. The van der Waals surface area contributed by atoms with E-state index in [0.29, 0.717) is 11.4 Å². The zero-order valence-corrected chi connectivity index (χ0v) is 11.3. The van der Waals surface area contributed by atoms with Gasteiger partial charge in [-0.3, -0.25) is 4.79 Å². The van der Waals surface area contributed by atoms with Crippen molar-refractivity contribution in [3.63, 3.8) is 0 Å². The molecular weight excluding hydrogens is 228 g/mol. The summed E-state index contributed by atoms with van der Waals surface area (Å²) in [5, 5.41) is 2.88. The molecule has 4 heteroatoms. The van der Waals surface area contributed by atoms with Gasteiger partial charge in [0.15, 0.2) is 6.61 Å². The maximum atomic E-state index is 11.6. The highest BCUT2D eigenvalue weighted by atomic mass is 16.5. The van der Waals surface area contributed by atoms with E-state index in [1.165, 1.54) is 0 Å². The summed E-state index contributed by atoms with van der Waals surface area (Å²) >= 11 is 0. The summed E-state index contributed by atoms with van der Waals surface area (Å²) in [6.45, 7) is 6.03. The van der Waals surface area contributed by atoms with Crippen LogP contribution in [0.3, 0.4) is 0 Å². The fraction of sp³-hybridized carbons (Fsp3) is 0.500. The number of carbonyl (C=O) groups is 1. The molecule has 0 aliphatic heterocycles. The number of nitrogen functional groups attached to an aromatic ring is 1. The molecule has 4 nitrogen and oxygen atoms in total. The number of amides is 1. The first-order valence-electron chi connectivity index (χ1n) is 6.31. The molecule has 1 aromatic carbocycles. The molecule has 0 bridgehead atoms. The molecule has 3 N–H and O–H groups in total. The quantitative estimate of drug-likeness (QED) is 0.761. The largest absolute Gasteiger partial charge is 0.482 e. The Kier molecular flexibility index (Phi) is 5.49. The van der Waals surface area contributed by atoms with Crippen molar-refractivity contribution in [1.29, 1.82) is 0 Å². The number of carbonyl (C=O) groups excluding carboxylic acids is 1. The van der Waals surface area contributed by atoms with E-state index in [9.17, 15) is 4.79 Å². The Morgan fingerprint density at radius 2 is 2.22 bits per heavy atom. The lowest BCUT2D eigenvalue weighted by atomic mass is 10.2. The van der Waals surface area contributed by atoms with E-state index in [-0.39, 0.29) is 18.6 Å². The molecule has 0 heterocycles. The SMILES string of the molecule is CCCC(C)NC(=O)COc1cc(C)ccc1N. The second-order valence-corrected chi connectivity index (χ2v) is 4.59. The molecule has 100 valence electrons. The van der Waals surface area contributed by atoms with E-state index < -0.39 is 0 Å². The smallest absolute Gasteiger partial charge is 0.258 e. The van der Waals surface area contributed by atoms with Crippen molar-refractivity contribution in [1.82, 2.24) is 5.32 Å². The molecule has 0 saturated heterocycles. The van der Waals surface area contributed by atoms with Crippen LogP contribution in [0.15, 0.2) is 18.2 Å². The first-order chi connectivity index (χ1) is 8.52. The van der Waals surface area contributed by atoms with Gasteiger partial charge in [-0.15, -0.1) is 0 Å². The number of benzene rings is 1. The molecule has 0 radical (unpaired) electrons. The number of rotatable bonds is 6. The average molecular weight is 250 g/mol. The predicted octanol–water partition coefficient (Wildman–Crippen LogP) is 2.26. The number of hydrogen-bond acceptors (Lipinski definition) is 3. The van der Waals surface area contributed by atoms with Gasteiger partial charge in [-0.05, 0) is 38.0 Å². The lowest BCUT2D eigenvalue weighted by Gasteiger charge is -2.14. The van der Waals surface area contributed by atoms with Crippen LogP contribution in [0.5, 0.6) is 5.75 Å². The van der Waals surface area contributed by atoms with Crippen LogP contribution in [0, 0.1) is 6.92 Å². The van der Waals surface area contributed by atoms with E-state index >= 15 is 0 Å². The van der Waals surface area contributed by atoms with E-state index in [4.69, 9.17) is 10.5 Å². The first-order valence-corrected chi connectivity index (χ1v) is 6.31. The molecule has 18 heavy (non-hydrogen) atoms. The molecule has 1 unspecified atom stereocenters. The monoisotopic (exact) mass is 250 g/mol. The molecular formula is C14H22N2O2. The summed E-state index contributed by atoms with van der Waals surface area (Å²) in [6.07, 6.45) is 2.02. The standard InChI is InChI=1S/C14H22N2O2/c1-4-5-11(3)16-14(17)9-18-13-8-10(2)6-7-12(13)15/h6-8,11H,4-5,9,15H2,1-3H3,(H,16,17). The third-order valence-electron chi connectivity index (χ3n) is 2.66. The number of hydrogen-bond donors (Lipinski definition) is 2. The Hall–Kier alpha value is -1.71. The number of aryl methyl sites for hydroxylation is 1. The lowest BCUT2D eigenvalue weighted by molar-refractivity contribution is -0.123. The van der Waals surface area contributed by atoms with Crippen LogP contribution in [0.4, 0.5) is 5.69 Å². The predicted molar refractivity (Wildman–Crippen MR) is 73.6 cm³/mol. The van der Waals surface area contributed by atoms with Crippen molar-refractivity contribution < 1.29 is 9.53 Å². The van der Waals surface area contributed by atoms with Crippen molar-refractivity contribution in [2.45, 2.75) is 39.7 Å². The second-order valence-electron chi connectivity index (χ2n) is 4.59. The van der Waals surface area contributed by atoms with E-state index in [1.54, 1.807) is 6.07 Å². The van der Waals surface area contributed by atoms with E-state index in [2.05, 4.69) is 12.2 Å². The van der Waals surface area contributed by atoms with E-state index in [1.807, 2.05) is 26.0 Å². The van der Waals surface area contributed by atoms with Crippen LogP contribution in [-0.2, 0) is 4.79 Å². The van der Waals surface area contributed by atoms with Crippen LogP contribution in [0.1, 0.15) is 32.3 Å². The fourth-order valence-electron chi connectivity index (χ4n) is 1.73. The maximum absolute atomic E-state index is 11.6. The van der Waals surface area contributed by atoms with Gasteiger partial charge in [0.2, 0.25) is 0 Å². The van der Waals surface area contributed by atoms with Crippen molar-refractivity contribution in [3.05, 3.63) is 23.8 Å². The molecule has 1 aromatic rings. The van der Waals surface area contributed by atoms with Crippen LogP contribution in [0.2, 0.25) is 0 Å². The minimum absolute atomic E-state index is 0.00169. The van der Waals surface area contributed by atoms with Gasteiger partial charge < -0.3 is 15.8 Å². The molecule has 0 aromatic heterocycles. The Balaban J connectivity index is 2.45. The van der Waals surface area contributed by atoms with Gasteiger partial charge in [0.25, 0.3) is 5.91 Å². The maximum Gasteiger partial charge on any atom is 0.258 e. The van der Waals surface area contributed by atoms with Gasteiger partial charge in [-0.1, -0.05) is 19.4 Å². The molecule has 1 rings (SSSR count). The normalized spacial score (nSPS) is 11.9. The van der Waals surface area contributed by atoms with Crippen molar-refractivity contribution in [2.75, 3.05) is 12.3 Å². The summed E-state index contributed by atoms with van der Waals surface area (Å²) in [4.78, 5) is 11.6. The first kappa shape index (κ1) is 14.4. The van der Waals surface area contributed by atoms with Crippen LogP contribution >= 0.6 is 0 Å². The molecule has 0 fully saturated rings. The number of ether oxygens (including phenoxy) is 1. The van der Waals surface area contributed by atoms with Gasteiger partial charge in [-0.2, -0.15) is 0 Å². The van der Waals surface area contributed by atoms with E-state index in [0.717, 1.165) is 18.4 Å². The Labute approximate surface area is 109 Å². The van der Waals surface area contributed by atoms with Gasteiger partial charge in [0.1, 0.15) is 5.75 Å². The summed E-state index contributed by atoms with van der Waals surface area (Å²) < 4.78 is 5.42. The third-order valence-corrected chi connectivity index (χ3v) is 2.66. The molecule has 0 aliphatic carbocycles. The highest BCUT2D eigenvalue weighted by Crippen LogP contribution is 2.22. The Bertz CT molecular complexity index is 405. The molecule has 1 atom stereocenters. The molecule has 0 saturated carbocycles. The topological polar surface area (TPSA) is 64.3 Å². The minimum atomic E-state index is -0.114. The number of nitrogens with one attached hydrogen (secondary N) is 1. The summed E-state index contributed by atoms with van der Waals surface area (Å²) in [6, 6.07) is 5.70. The number of anilines is 1. The van der Waals surface area contributed by atoms with Gasteiger partial charge >= 0.3 is 0 Å². The van der Waals surface area contributed by atoms with Crippen molar-refractivity contribution >= 4 is 11.6 Å². The van der Waals surface area contributed by atoms with Crippen LogP contribution in [-0.4, -0.2) is 18.6 Å². The van der Waals surface area contributed by atoms with Crippen LogP contribution < -0.4 is 15.8 Å². The highest BCUT2D eigenvalue weighted by Gasteiger charge is 2.08. The average Bonchev–Trinajstić information content (AvgIpc) is 2.30. The summed E-state index contributed by atoms with van der Waals surface area (Å²) in [7, 11) is 0. The fourth-order valence-corrected chi connectivity index (χ4v) is 1.73. The summed E-state index contributed by atoms with van der Waals surface area (Å²) in [5.41, 5.74) is 7.37. The van der Waals surface area contributed by atoms with Gasteiger partial charge in [0.05, 0.1) is 5.69 Å². The lowest BCUT2D eigenvalue weighted by Crippen LogP contribution is -2.36. The summed E-state index contributed by atoms with van der Waals surface area (Å²) in [5.74, 6) is 0.449. The minimum Gasteiger partial charge on any atom is -0.482 e. The van der Waals surface area contributed by atoms with Crippen molar-refractivity contribution in [2.24, 2.45) is 0 Å². The molecule has 1 amide bonds. The highest BCUT2D eigenvalue weighted by molar-refractivity contribution is 5.78. The Morgan fingerprint density at radius 1 is 1.50 bits per heavy atom. The van der Waals surface area contributed by atoms with Gasteiger partial charge in [-0.25, -0.2) is 0 Å². The zero-order valence-electron chi connectivity index (χ0n) is 11.3. The van der Waals surface area contributed by atoms with Crippen LogP contribution in [0.25, 0.3) is 0 Å². The number of nitrogens with two attached hydrogens (primary N) is 1. The van der Waals surface area contributed by atoms with Gasteiger partial charge in [0, 0.05) is 6.04 Å². The molecule has 0 spiro atoms. The molecule has 0 aliphatic rings. The van der Waals surface area contributed by atoms with Crippen molar-refractivity contribution in [3.8, 4) is 5.75 Å². The second kappa shape index (κ2) is 6.89. The zero-order chi connectivity index (χ0) is 13.5.